The maximum Gasteiger partial charge on any atom is 0.358 e. The van der Waals surface area contributed by atoms with Crippen LogP contribution in [-0.2, 0) is 4.74 Å². The molecule has 0 bridgehead atoms. The maximum absolute atomic E-state index is 11.3. The molecule has 0 saturated carbocycles. The Balaban J connectivity index is 1.94. The molecule has 1 fully saturated rings. The van der Waals surface area contributed by atoms with Crippen molar-refractivity contribution in [1.29, 1.82) is 0 Å². The normalized spacial score (nSPS) is 18.9. The summed E-state index contributed by atoms with van der Waals surface area (Å²) >= 11 is 0. The zero-order valence-corrected chi connectivity index (χ0v) is 11.4. The highest BCUT2D eigenvalue weighted by atomic mass is 16.5. The summed E-state index contributed by atoms with van der Waals surface area (Å²) in [5, 5.41) is 11.4. The van der Waals surface area contributed by atoms with Gasteiger partial charge < -0.3 is 15.0 Å². The Morgan fingerprint density at radius 3 is 2.89 bits per heavy atom. The first-order valence-electron chi connectivity index (χ1n) is 6.57. The Hall–Kier alpha value is -1.69. The van der Waals surface area contributed by atoms with Gasteiger partial charge in [0.2, 0.25) is 0 Å². The van der Waals surface area contributed by atoms with Crippen molar-refractivity contribution in [2.75, 3.05) is 32.1 Å². The molecule has 0 radical (unpaired) electrons. The van der Waals surface area contributed by atoms with Crippen LogP contribution in [0, 0.1) is 0 Å². The van der Waals surface area contributed by atoms with E-state index in [1.54, 1.807) is 12.1 Å². The van der Waals surface area contributed by atoms with Crippen molar-refractivity contribution in [1.82, 2.24) is 15.5 Å². The summed E-state index contributed by atoms with van der Waals surface area (Å²) in [5.41, 5.74) is 0.232. The van der Waals surface area contributed by atoms with E-state index in [4.69, 9.17) is 0 Å². The molecule has 1 aliphatic rings. The van der Waals surface area contributed by atoms with E-state index in [-0.39, 0.29) is 5.69 Å². The van der Waals surface area contributed by atoms with Crippen molar-refractivity contribution in [3.05, 3.63) is 17.8 Å². The van der Waals surface area contributed by atoms with Gasteiger partial charge in [0.1, 0.15) is 0 Å². The minimum absolute atomic E-state index is 0.232. The fourth-order valence-corrected chi connectivity index (χ4v) is 2.25. The third-order valence-corrected chi connectivity index (χ3v) is 3.34. The van der Waals surface area contributed by atoms with Crippen LogP contribution in [0.3, 0.4) is 0 Å². The van der Waals surface area contributed by atoms with Gasteiger partial charge in [0.05, 0.1) is 7.11 Å². The van der Waals surface area contributed by atoms with Gasteiger partial charge in [-0.25, -0.2) is 4.79 Å². The number of ether oxygens (including phenoxy) is 1. The van der Waals surface area contributed by atoms with Crippen LogP contribution in [0.25, 0.3) is 0 Å². The Bertz CT molecular complexity index is 415. The van der Waals surface area contributed by atoms with Crippen LogP contribution < -0.4 is 10.2 Å². The number of rotatable bonds is 4. The van der Waals surface area contributed by atoms with Crippen LogP contribution >= 0.6 is 0 Å². The van der Waals surface area contributed by atoms with Crippen molar-refractivity contribution in [3.8, 4) is 0 Å². The number of aromatic nitrogens is 2. The van der Waals surface area contributed by atoms with E-state index < -0.39 is 5.97 Å². The highest BCUT2D eigenvalue weighted by Gasteiger charge is 2.16. The number of likely N-dealkylation sites (N-methyl/N-ethyl adjacent to an activating group) is 1. The lowest BCUT2D eigenvalue weighted by atomic mass is 10.0. The van der Waals surface area contributed by atoms with Crippen LogP contribution in [0.5, 0.6) is 0 Å². The van der Waals surface area contributed by atoms with E-state index in [9.17, 15) is 4.79 Å². The number of hydrogen-bond donors (Lipinski definition) is 1. The van der Waals surface area contributed by atoms with Crippen molar-refractivity contribution < 1.29 is 9.53 Å². The molecule has 104 valence electrons. The van der Waals surface area contributed by atoms with E-state index in [0.717, 1.165) is 18.9 Å². The average molecular weight is 264 g/mol. The van der Waals surface area contributed by atoms with E-state index >= 15 is 0 Å². The van der Waals surface area contributed by atoms with Gasteiger partial charge in [-0.05, 0) is 31.5 Å². The first-order valence-corrected chi connectivity index (χ1v) is 6.57. The molecule has 1 saturated heterocycles. The summed E-state index contributed by atoms with van der Waals surface area (Å²) in [7, 11) is 3.32. The Morgan fingerprint density at radius 2 is 2.32 bits per heavy atom. The molecule has 0 amide bonds. The fourth-order valence-electron chi connectivity index (χ4n) is 2.25. The lowest BCUT2D eigenvalue weighted by Crippen LogP contribution is -2.42. The van der Waals surface area contributed by atoms with Crippen LogP contribution in [0.2, 0.25) is 0 Å². The van der Waals surface area contributed by atoms with Gasteiger partial charge in [0, 0.05) is 19.6 Å². The van der Waals surface area contributed by atoms with Crippen molar-refractivity contribution in [2.45, 2.75) is 25.3 Å². The molecule has 1 aromatic rings. The molecule has 2 heterocycles. The van der Waals surface area contributed by atoms with Gasteiger partial charge in [-0.15, -0.1) is 10.2 Å². The van der Waals surface area contributed by atoms with Crippen LogP contribution in [0.1, 0.15) is 29.8 Å². The van der Waals surface area contributed by atoms with Crippen LogP contribution in [0.4, 0.5) is 5.82 Å². The Labute approximate surface area is 113 Å². The minimum Gasteiger partial charge on any atom is -0.464 e. The number of carbonyl (C=O) groups excluding carboxylic acids is 1. The maximum atomic E-state index is 11.3. The number of methoxy groups -OCH3 is 1. The summed E-state index contributed by atoms with van der Waals surface area (Å²) in [6.07, 6.45) is 3.73. The second-order valence-electron chi connectivity index (χ2n) is 4.80. The molecule has 19 heavy (non-hydrogen) atoms. The largest absolute Gasteiger partial charge is 0.464 e. The van der Waals surface area contributed by atoms with Crippen molar-refractivity contribution in [2.24, 2.45) is 0 Å². The van der Waals surface area contributed by atoms with Gasteiger partial charge in [-0.2, -0.15) is 0 Å². The van der Waals surface area contributed by atoms with E-state index in [2.05, 4.69) is 25.2 Å². The molecule has 1 atom stereocenters. The predicted molar refractivity (Wildman–Crippen MR) is 72.3 cm³/mol. The SMILES string of the molecule is COC(=O)c1ccc(N(C)CC2CCCCN2)nn1. The predicted octanol–water partition coefficient (Wildman–Crippen LogP) is 0.841. The lowest BCUT2D eigenvalue weighted by molar-refractivity contribution is 0.0592. The summed E-state index contributed by atoms with van der Waals surface area (Å²) in [6.45, 7) is 1.98. The molecule has 1 aliphatic heterocycles. The van der Waals surface area contributed by atoms with Gasteiger partial charge in [-0.1, -0.05) is 6.42 Å². The molecule has 0 aliphatic carbocycles. The number of carbonyl (C=O) groups is 1. The molecule has 6 heteroatoms. The monoisotopic (exact) mass is 264 g/mol. The summed E-state index contributed by atoms with van der Waals surface area (Å²) < 4.78 is 4.59. The standard InChI is InChI=1S/C13H20N4O2/c1-17(9-10-5-3-4-8-14-10)12-7-6-11(15-16-12)13(18)19-2/h6-7,10,14H,3-5,8-9H2,1-2H3. The second-order valence-corrected chi connectivity index (χ2v) is 4.80. The Kier molecular flexibility index (Phi) is 4.68. The topological polar surface area (TPSA) is 67.3 Å². The first-order chi connectivity index (χ1) is 9.20. The third kappa shape index (κ3) is 3.64. The van der Waals surface area contributed by atoms with Crippen molar-refractivity contribution >= 4 is 11.8 Å². The highest BCUT2D eigenvalue weighted by Crippen LogP contribution is 2.12. The smallest absolute Gasteiger partial charge is 0.358 e. The molecular weight excluding hydrogens is 244 g/mol. The van der Waals surface area contributed by atoms with Gasteiger partial charge in [0.15, 0.2) is 11.5 Å². The Morgan fingerprint density at radius 1 is 1.47 bits per heavy atom. The van der Waals surface area contributed by atoms with E-state index in [0.29, 0.717) is 6.04 Å². The van der Waals surface area contributed by atoms with Gasteiger partial charge in [-0.3, -0.25) is 0 Å². The molecule has 6 nitrogen and oxygen atoms in total. The fraction of sp³-hybridized carbons (Fsp3) is 0.615. The molecular formula is C13H20N4O2. The molecule has 0 aromatic carbocycles. The van der Waals surface area contributed by atoms with Gasteiger partial charge >= 0.3 is 5.97 Å². The number of piperidine rings is 1. The molecule has 1 unspecified atom stereocenters. The van der Waals surface area contributed by atoms with Gasteiger partial charge in [0.25, 0.3) is 0 Å². The summed E-state index contributed by atoms with van der Waals surface area (Å²) in [4.78, 5) is 13.3. The summed E-state index contributed by atoms with van der Waals surface area (Å²) in [6, 6.07) is 3.93. The highest BCUT2D eigenvalue weighted by molar-refractivity contribution is 5.86. The zero-order chi connectivity index (χ0) is 13.7. The number of nitrogens with zero attached hydrogens (tertiary/aromatic N) is 3. The molecule has 1 aromatic heterocycles. The lowest BCUT2D eigenvalue weighted by Gasteiger charge is -2.28. The second kappa shape index (κ2) is 6.47. The number of esters is 1. The van der Waals surface area contributed by atoms with Crippen LogP contribution in [-0.4, -0.2) is 49.5 Å². The number of anilines is 1. The summed E-state index contributed by atoms with van der Waals surface area (Å²) in [5.74, 6) is 0.302. The quantitative estimate of drug-likeness (QED) is 0.813. The van der Waals surface area contributed by atoms with E-state index in [1.165, 1.54) is 26.4 Å². The number of hydrogen-bond acceptors (Lipinski definition) is 6. The third-order valence-electron chi connectivity index (χ3n) is 3.34. The zero-order valence-electron chi connectivity index (χ0n) is 11.4. The minimum atomic E-state index is -0.462. The van der Waals surface area contributed by atoms with Crippen LogP contribution in [0.15, 0.2) is 12.1 Å². The van der Waals surface area contributed by atoms with E-state index in [1.807, 2.05) is 7.05 Å². The molecule has 2 rings (SSSR count). The molecule has 1 N–H and O–H groups in total. The number of nitrogens with one attached hydrogen (secondary N) is 1. The van der Waals surface area contributed by atoms with Crippen molar-refractivity contribution in [3.63, 3.8) is 0 Å². The molecule has 0 spiro atoms. The average Bonchev–Trinajstić information content (AvgIpc) is 2.47. The first kappa shape index (κ1) is 13.7.